The van der Waals surface area contributed by atoms with Gasteiger partial charge in [-0.15, -0.1) is 0 Å². The zero-order chi connectivity index (χ0) is 16.4. The predicted octanol–water partition coefficient (Wildman–Crippen LogP) is 0.616. The molecule has 21 heavy (non-hydrogen) atoms. The van der Waals surface area contributed by atoms with Gasteiger partial charge in [0.2, 0.25) is 17.7 Å². The lowest BCUT2D eigenvalue weighted by Gasteiger charge is -2.33. The van der Waals surface area contributed by atoms with Crippen LogP contribution in [0, 0.1) is 5.41 Å². The van der Waals surface area contributed by atoms with Crippen LogP contribution in [0.5, 0.6) is 0 Å². The fraction of sp³-hybridized carbons (Fsp3) is 0.800. The maximum absolute atomic E-state index is 12.6. The van der Waals surface area contributed by atoms with Gasteiger partial charge in [0.1, 0.15) is 12.1 Å². The summed E-state index contributed by atoms with van der Waals surface area (Å²) in [6, 6.07) is -0.997. The standard InChI is InChI=1S/C15H27N3O3/c1-10(12(19)16-5)17(6)13(20)11-8-7-9-18(11)14(21)15(2,3)4/h10-11H,7-9H2,1-6H3,(H,16,19). The monoisotopic (exact) mass is 297 g/mol. The average molecular weight is 297 g/mol. The van der Waals surface area contributed by atoms with E-state index in [1.54, 1.807) is 25.9 Å². The van der Waals surface area contributed by atoms with Crippen LogP contribution in [0.25, 0.3) is 0 Å². The third-order valence-electron chi connectivity index (χ3n) is 3.99. The third kappa shape index (κ3) is 3.74. The molecule has 3 amide bonds. The van der Waals surface area contributed by atoms with E-state index in [4.69, 9.17) is 0 Å². The van der Waals surface area contributed by atoms with Crippen molar-refractivity contribution in [3.05, 3.63) is 0 Å². The number of hydrogen-bond donors (Lipinski definition) is 1. The molecule has 6 nitrogen and oxygen atoms in total. The fourth-order valence-corrected chi connectivity index (χ4v) is 2.51. The molecule has 2 unspecified atom stereocenters. The second-order valence-corrected chi connectivity index (χ2v) is 6.65. The average Bonchev–Trinajstić information content (AvgIpc) is 2.91. The summed E-state index contributed by atoms with van der Waals surface area (Å²) in [5.74, 6) is -0.391. The molecule has 2 atom stereocenters. The minimum Gasteiger partial charge on any atom is -0.357 e. The molecule has 1 aliphatic heterocycles. The topological polar surface area (TPSA) is 69.7 Å². The summed E-state index contributed by atoms with van der Waals surface area (Å²) in [5.41, 5.74) is -0.506. The molecule has 120 valence electrons. The number of amides is 3. The molecule has 0 aromatic heterocycles. The van der Waals surface area contributed by atoms with Gasteiger partial charge in [0.05, 0.1) is 0 Å². The van der Waals surface area contributed by atoms with Gasteiger partial charge in [-0.1, -0.05) is 20.8 Å². The molecule has 1 N–H and O–H groups in total. The molecule has 1 heterocycles. The molecule has 0 aromatic rings. The lowest BCUT2D eigenvalue weighted by Crippen LogP contribution is -2.53. The second-order valence-electron chi connectivity index (χ2n) is 6.65. The van der Waals surface area contributed by atoms with Crippen molar-refractivity contribution >= 4 is 17.7 Å². The Morgan fingerprint density at radius 1 is 1.29 bits per heavy atom. The van der Waals surface area contributed by atoms with Crippen molar-refractivity contribution in [2.45, 2.75) is 52.6 Å². The highest BCUT2D eigenvalue weighted by Crippen LogP contribution is 2.26. The quantitative estimate of drug-likeness (QED) is 0.830. The first kappa shape index (κ1) is 17.5. The van der Waals surface area contributed by atoms with E-state index >= 15 is 0 Å². The number of likely N-dealkylation sites (tertiary alicyclic amines) is 1. The Kier molecular flexibility index (Phi) is 5.36. The largest absolute Gasteiger partial charge is 0.357 e. The molecule has 0 aliphatic carbocycles. The molecular formula is C15H27N3O3. The summed E-state index contributed by atoms with van der Waals surface area (Å²) in [5, 5.41) is 2.54. The molecule has 0 radical (unpaired) electrons. The van der Waals surface area contributed by atoms with E-state index in [2.05, 4.69) is 5.32 Å². The number of nitrogens with one attached hydrogen (secondary N) is 1. The van der Waals surface area contributed by atoms with E-state index < -0.39 is 17.5 Å². The summed E-state index contributed by atoms with van der Waals surface area (Å²) in [6.07, 6.45) is 1.48. The van der Waals surface area contributed by atoms with Crippen molar-refractivity contribution in [1.82, 2.24) is 15.1 Å². The van der Waals surface area contributed by atoms with E-state index in [9.17, 15) is 14.4 Å². The van der Waals surface area contributed by atoms with Gasteiger partial charge < -0.3 is 15.1 Å². The molecule has 0 spiro atoms. The van der Waals surface area contributed by atoms with Gasteiger partial charge in [-0.05, 0) is 19.8 Å². The molecule has 1 fully saturated rings. The van der Waals surface area contributed by atoms with Gasteiger partial charge in [0.25, 0.3) is 0 Å². The summed E-state index contributed by atoms with van der Waals surface area (Å²) in [4.78, 5) is 39.8. The number of hydrogen-bond acceptors (Lipinski definition) is 3. The number of nitrogens with zero attached hydrogens (tertiary/aromatic N) is 2. The molecule has 1 rings (SSSR count). The molecule has 0 aromatic carbocycles. The van der Waals surface area contributed by atoms with Crippen molar-refractivity contribution in [2.24, 2.45) is 5.41 Å². The van der Waals surface area contributed by atoms with Crippen LogP contribution in [-0.2, 0) is 14.4 Å². The lowest BCUT2D eigenvalue weighted by atomic mass is 9.94. The van der Waals surface area contributed by atoms with Crippen LogP contribution in [0.1, 0.15) is 40.5 Å². The maximum Gasteiger partial charge on any atom is 0.245 e. The van der Waals surface area contributed by atoms with Crippen molar-refractivity contribution in [1.29, 1.82) is 0 Å². The van der Waals surface area contributed by atoms with Crippen LogP contribution >= 0.6 is 0 Å². The van der Waals surface area contributed by atoms with Crippen LogP contribution in [-0.4, -0.2) is 60.2 Å². The Hall–Kier alpha value is -1.59. The van der Waals surface area contributed by atoms with Crippen LogP contribution in [0.3, 0.4) is 0 Å². The first-order valence-corrected chi connectivity index (χ1v) is 7.40. The maximum atomic E-state index is 12.6. The third-order valence-corrected chi connectivity index (χ3v) is 3.99. The zero-order valence-corrected chi connectivity index (χ0v) is 13.9. The van der Waals surface area contributed by atoms with Crippen molar-refractivity contribution in [3.8, 4) is 0 Å². The molecule has 0 bridgehead atoms. The van der Waals surface area contributed by atoms with Crippen LogP contribution < -0.4 is 5.32 Å². The van der Waals surface area contributed by atoms with Crippen molar-refractivity contribution in [2.75, 3.05) is 20.6 Å². The molecule has 1 aliphatic rings. The van der Waals surface area contributed by atoms with Gasteiger partial charge in [-0.3, -0.25) is 14.4 Å². The SMILES string of the molecule is CNC(=O)C(C)N(C)C(=O)C1CCCN1C(=O)C(C)(C)C. The van der Waals surface area contributed by atoms with E-state index in [1.165, 1.54) is 4.90 Å². The van der Waals surface area contributed by atoms with Gasteiger partial charge in [-0.2, -0.15) is 0 Å². The summed E-state index contributed by atoms with van der Waals surface area (Å²) in [6.45, 7) is 7.85. The highest BCUT2D eigenvalue weighted by atomic mass is 16.2. The Balaban J connectivity index is 2.86. The Morgan fingerprint density at radius 2 is 1.86 bits per heavy atom. The van der Waals surface area contributed by atoms with Crippen molar-refractivity contribution < 1.29 is 14.4 Å². The minimum atomic E-state index is -0.547. The summed E-state index contributed by atoms with van der Waals surface area (Å²) >= 11 is 0. The number of likely N-dealkylation sites (N-methyl/N-ethyl adjacent to an activating group) is 2. The zero-order valence-electron chi connectivity index (χ0n) is 13.9. The van der Waals surface area contributed by atoms with Crippen LogP contribution in [0.4, 0.5) is 0 Å². The van der Waals surface area contributed by atoms with E-state index in [1.807, 2.05) is 20.8 Å². The number of rotatable bonds is 3. The van der Waals surface area contributed by atoms with E-state index in [0.717, 1.165) is 6.42 Å². The van der Waals surface area contributed by atoms with Gasteiger partial charge in [-0.25, -0.2) is 0 Å². The van der Waals surface area contributed by atoms with Gasteiger partial charge in [0, 0.05) is 26.1 Å². The highest BCUT2D eigenvalue weighted by Gasteiger charge is 2.40. The molecule has 6 heteroatoms. The fourth-order valence-electron chi connectivity index (χ4n) is 2.51. The number of carbonyl (C=O) groups excluding carboxylic acids is 3. The smallest absolute Gasteiger partial charge is 0.245 e. The van der Waals surface area contributed by atoms with Crippen LogP contribution in [0.15, 0.2) is 0 Å². The molecule has 0 saturated carbocycles. The predicted molar refractivity (Wildman–Crippen MR) is 80.5 cm³/mol. The summed E-state index contributed by atoms with van der Waals surface area (Å²) < 4.78 is 0. The van der Waals surface area contributed by atoms with E-state index in [0.29, 0.717) is 13.0 Å². The van der Waals surface area contributed by atoms with Gasteiger partial charge in [0.15, 0.2) is 0 Å². The number of carbonyl (C=O) groups is 3. The highest BCUT2D eigenvalue weighted by molar-refractivity contribution is 5.93. The van der Waals surface area contributed by atoms with Crippen LogP contribution in [0.2, 0.25) is 0 Å². The van der Waals surface area contributed by atoms with E-state index in [-0.39, 0.29) is 17.7 Å². The molecular weight excluding hydrogens is 270 g/mol. The van der Waals surface area contributed by atoms with Gasteiger partial charge >= 0.3 is 0 Å². The normalized spacial score (nSPS) is 20.1. The minimum absolute atomic E-state index is 0.0145. The lowest BCUT2D eigenvalue weighted by molar-refractivity contribution is -0.149. The molecule has 1 saturated heterocycles. The Morgan fingerprint density at radius 3 is 2.33 bits per heavy atom. The summed E-state index contributed by atoms with van der Waals surface area (Å²) in [7, 11) is 3.16. The Labute approximate surface area is 126 Å². The second kappa shape index (κ2) is 6.45. The van der Waals surface area contributed by atoms with Crippen molar-refractivity contribution in [3.63, 3.8) is 0 Å². The first-order chi connectivity index (χ1) is 9.61. The Bertz CT molecular complexity index is 428. The first-order valence-electron chi connectivity index (χ1n) is 7.40.